The summed E-state index contributed by atoms with van der Waals surface area (Å²) in [6, 6.07) is 8.70. The predicted molar refractivity (Wildman–Crippen MR) is 98.4 cm³/mol. The standard InChI is InChI=1S/C18H24N6O/c1-2-3-10-25-18-22-16(20)15-17(23-18)24(12-21-15)11-14-6-4-13(5-7-14)8-9-19/h4-7,12H,2-3,8-11,19H2,1H3,(H2,20,22,23). The highest BCUT2D eigenvalue weighted by atomic mass is 16.5. The van der Waals surface area contributed by atoms with Gasteiger partial charge in [-0.1, -0.05) is 37.6 Å². The minimum atomic E-state index is 0.304. The molecule has 0 radical (unpaired) electrons. The lowest BCUT2D eigenvalue weighted by Gasteiger charge is -2.08. The first-order chi connectivity index (χ1) is 12.2. The minimum Gasteiger partial charge on any atom is -0.463 e. The zero-order chi connectivity index (χ0) is 17.6. The Kier molecular flexibility index (Phi) is 5.45. The van der Waals surface area contributed by atoms with Gasteiger partial charge in [-0.25, -0.2) is 4.98 Å². The van der Waals surface area contributed by atoms with Crippen molar-refractivity contribution in [1.29, 1.82) is 0 Å². The van der Waals surface area contributed by atoms with Crippen molar-refractivity contribution in [2.24, 2.45) is 5.73 Å². The molecule has 2 heterocycles. The van der Waals surface area contributed by atoms with Gasteiger partial charge >= 0.3 is 6.01 Å². The van der Waals surface area contributed by atoms with Gasteiger partial charge in [0.1, 0.15) is 0 Å². The zero-order valence-corrected chi connectivity index (χ0v) is 14.5. The van der Waals surface area contributed by atoms with Crippen molar-refractivity contribution in [3.05, 3.63) is 41.7 Å². The number of imidazole rings is 1. The van der Waals surface area contributed by atoms with E-state index in [1.165, 1.54) is 5.56 Å². The summed E-state index contributed by atoms with van der Waals surface area (Å²) in [5.74, 6) is 0.341. The molecule has 25 heavy (non-hydrogen) atoms. The maximum atomic E-state index is 6.00. The number of unbranched alkanes of at least 4 members (excludes halogenated alkanes) is 1. The van der Waals surface area contributed by atoms with Gasteiger partial charge in [-0.05, 0) is 30.5 Å². The molecule has 0 aliphatic heterocycles. The van der Waals surface area contributed by atoms with E-state index in [0.717, 1.165) is 24.8 Å². The van der Waals surface area contributed by atoms with Gasteiger partial charge in [0, 0.05) is 0 Å². The Bertz CT molecular complexity index is 827. The third-order valence-electron chi connectivity index (χ3n) is 4.01. The van der Waals surface area contributed by atoms with Crippen molar-refractivity contribution < 1.29 is 4.74 Å². The molecule has 0 aliphatic rings. The Morgan fingerprint density at radius 3 is 2.60 bits per heavy atom. The van der Waals surface area contributed by atoms with Crippen LogP contribution < -0.4 is 16.2 Å². The van der Waals surface area contributed by atoms with Crippen LogP contribution in [-0.4, -0.2) is 32.7 Å². The number of nitrogen functional groups attached to an aromatic ring is 1. The first kappa shape index (κ1) is 17.2. The highest BCUT2D eigenvalue weighted by Gasteiger charge is 2.12. The number of nitrogens with two attached hydrogens (primary N) is 2. The van der Waals surface area contributed by atoms with Crippen LogP contribution in [0.15, 0.2) is 30.6 Å². The topological polar surface area (TPSA) is 105 Å². The lowest BCUT2D eigenvalue weighted by Crippen LogP contribution is -2.06. The van der Waals surface area contributed by atoms with Crippen molar-refractivity contribution >= 4 is 17.0 Å². The Hall–Kier alpha value is -2.67. The molecular weight excluding hydrogens is 316 g/mol. The van der Waals surface area contributed by atoms with E-state index >= 15 is 0 Å². The number of benzene rings is 1. The summed E-state index contributed by atoms with van der Waals surface area (Å²) in [5.41, 5.74) is 15.3. The molecular formula is C18H24N6O. The Morgan fingerprint density at radius 2 is 1.88 bits per heavy atom. The summed E-state index contributed by atoms with van der Waals surface area (Å²) < 4.78 is 7.55. The average Bonchev–Trinajstić information content (AvgIpc) is 3.01. The fourth-order valence-electron chi connectivity index (χ4n) is 2.61. The van der Waals surface area contributed by atoms with Gasteiger partial charge in [-0.3, -0.25) is 0 Å². The third kappa shape index (κ3) is 4.06. The van der Waals surface area contributed by atoms with E-state index in [1.54, 1.807) is 6.33 Å². The van der Waals surface area contributed by atoms with E-state index in [9.17, 15) is 0 Å². The second-order valence-electron chi connectivity index (χ2n) is 5.99. The van der Waals surface area contributed by atoms with E-state index in [1.807, 2.05) is 4.57 Å². The van der Waals surface area contributed by atoms with Gasteiger partial charge in [0.05, 0.1) is 19.5 Å². The van der Waals surface area contributed by atoms with Crippen molar-refractivity contribution in [2.45, 2.75) is 32.7 Å². The van der Waals surface area contributed by atoms with E-state index in [0.29, 0.717) is 42.7 Å². The van der Waals surface area contributed by atoms with Gasteiger partial charge in [-0.2, -0.15) is 9.97 Å². The van der Waals surface area contributed by atoms with Gasteiger partial charge in [0.2, 0.25) is 0 Å². The summed E-state index contributed by atoms with van der Waals surface area (Å²) in [7, 11) is 0. The molecule has 0 spiro atoms. The number of aromatic nitrogens is 4. The van der Waals surface area contributed by atoms with E-state index in [2.05, 4.69) is 46.1 Å². The monoisotopic (exact) mass is 340 g/mol. The number of ether oxygens (including phenoxy) is 1. The summed E-state index contributed by atoms with van der Waals surface area (Å²) in [5, 5.41) is 0. The van der Waals surface area contributed by atoms with E-state index in [-0.39, 0.29) is 0 Å². The fourth-order valence-corrected chi connectivity index (χ4v) is 2.61. The number of hydrogen-bond acceptors (Lipinski definition) is 6. The lowest BCUT2D eigenvalue weighted by molar-refractivity contribution is 0.286. The molecule has 0 saturated carbocycles. The normalized spacial score (nSPS) is 11.1. The van der Waals surface area contributed by atoms with Crippen LogP contribution in [0, 0.1) is 0 Å². The second kappa shape index (κ2) is 7.94. The lowest BCUT2D eigenvalue weighted by atomic mass is 10.1. The number of fused-ring (bicyclic) bond motifs is 1. The molecule has 0 bridgehead atoms. The largest absolute Gasteiger partial charge is 0.463 e. The Balaban J connectivity index is 1.83. The van der Waals surface area contributed by atoms with Crippen molar-refractivity contribution in [3.8, 4) is 6.01 Å². The highest BCUT2D eigenvalue weighted by Crippen LogP contribution is 2.20. The molecule has 0 saturated heterocycles. The number of hydrogen-bond donors (Lipinski definition) is 2. The number of anilines is 1. The molecule has 3 aromatic rings. The molecule has 0 amide bonds. The molecule has 0 atom stereocenters. The van der Waals surface area contributed by atoms with Crippen LogP contribution in [-0.2, 0) is 13.0 Å². The Morgan fingerprint density at radius 1 is 1.12 bits per heavy atom. The maximum Gasteiger partial charge on any atom is 0.320 e. The average molecular weight is 340 g/mol. The number of nitrogens with zero attached hydrogens (tertiary/aromatic N) is 4. The smallest absolute Gasteiger partial charge is 0.320 e. The molecule has 132 valence electrons. The minimum absolute atomic E-state index is 0.304. The SMILES string of the molecule is CCCCOc1nc(N)c2ncn(Cc3ccc(CCN)cc3)c2n1. The van der Waals surface area contributed by atoms with Gasteiger partial charge in [0.25, 0.3) is 0 Å². The molecule has 2 aromatic heterocycles. The quantitative estimate of drug-likeness (QED) is 0.609. The second-order valence-corrected chi connectivity index (χ2v) is 5.99. The van der Waals surface area contributed by atoms with Crippen LogP contribution >= 0.6 is 0 Å². The van der Waals surface area contributed by atoms with Gasteiger partial charge in [0.15, 0.2) is 17.0 Å². The summed E-state index contributed by atoms with van der Waals surface area (Å²) >= 11 is 0. The van der Waals surface area contributed by atoms with Crippen molar-refractivity contribution in [3.63, 3.8) is 0 Å². The van der Waals surface area contributed by atoms with Crippen molar-refractivity contribution in [2.75, 3.05) is 18.9 Å². The fraction of sp³-hybridized carbons (Fsp3) is 0.389. The molecule has 0 unspecified atom stereocenters. The molecule has 4 N–H and O–H groups in total. The molecule has 0 aliphatic carbocycles. The maximum absolute atomic E-state index is 6.00. The molecule has 1 aromatic carbocycles. The summed E-state index contributed by atoms with van der Waals surface area (Å²) in [6.45, 7) is 4.00. The zero-order valence-electron chi connectivity index (χ0n) is 14.5. The Labute approximate surface area is 147 Å². The highest BCUT2D eigenvalue weighted by molar-refractivity contribution is 5.81. The van der Waals surface area contributed by atoms with Crippen LogP contribution in [0.5, 0.6) is 6.01 Å². The van der Waals surface area contributed by atoms with Crippen molar-refractivity contribution in [1.82, 2.24) is 19.5 Å². The number of rotatable bonds is 8. The van der Waals surface area contributed by atoms with Crippen LogP contribution in [0.25, 0.3) is 11.2 Å². The molecule has 7 nitrogen and oxygen atoms in total. The van der Waals surface area contributed by atoms with E-state index < -0.39 is 0 Å². The summed E-state index contributed by atoms with van der Waals surface area (Å²) in [6.07, 6.45) is 4.63. The first-order valence-electron chi connectivity index (χ1n) is 8.60. The molecule has 7 heteroatoms. The van der Waals surface area contributed by atoms with Crippen LogP contribution in [0.1, 0.15) is 30.9 Å². The van der Waals surface area contributed by atoms with Crippen LogP contribution in [0.2, 0.25) is 0 Å². The molecule has 0 fully saturated rings. The van der Waals surface area contributed by atoms with Gasteiger partial charge < -0.3 is 20.8 Å². The third-order valence-corrected chi connectivity index (χ3v) is 4.01. The predicted octanol–water partition coefficient (Wildman–Crippen LogP) is 2.14. The molecule has 3 rings (SSSR count). The first-order valence-corrected chi connectivity index (χ1v) is 8.60. The van der Waals surface area contributed by atoms with E-state index in [4.69, 9.17) is 16.2 Å². The van der Waals surface area contributed by atoms with Gasteiger partial charge in [-0.15, -0.1) is 0 Å². The van der Waals surface area contributed by atoms with Crippen LogP contribution in [0.4, 0.5) is 5.82 Å². The summed E-state index contributed by atoms with van der Waals surface area (Å²) in [4.78, 5) is 13.0. The van der Waals surface area contributed by atoms with Crippen LogP contribution in [0.3, 0.4) is 0 Å².